The fraction of sp³-hybridized carbons (Fsp3) is 0.364. The van der Waals surface area contributed by atoms with Gasteiger partial charge in [-0.25, -0.2) is 0 Å². The van der Waals surface area contributed by atoms with Crippen LogP contribution in [0.1, 0.15) is 18.1 Å². The van der Waals surface area contributed by atoms with Crippen LogP contribution in [0.25, 0.3) is 11.5 Å². The maximum Gasteiger partial charge on any atom is 0.287 e. The molecular weight excluding hydrogens is 370 g/mol. The van der Waals surface area contributed by atoms with Crippen LogP contribution >= 0.6 is 12.2 Å². The van der Waals surface area contributed by atoms with Crippen molar-refractivity contribution in [3.05, 3.63) is 66.0 Å². The second-order valence-electron chi connectivity index (χ2n) is 6.74. The third kappa shape index (κ3) is 5.38. The molecule has 28 heavy (non-hydrogen) atoms. The van der Waals surface area contributed by atoms with Crippen molar-refractivity contribution in [2.75, 3.05) is 39.4 Å². The van der Waals surface area contributed by atoms with E-state index in [0.717, 1.165) is 51.4 Å². The smallest absolute Gasteiger partial charge is 0.287 e. The first-order valence-electron chi connectivity index (χ1n) is 9.76. The number of hydrogen-bond donors (Lipinski definition) is 2. The number of morpholine rings is 1. The minimum Gasteiger partial charge on any atom is -0.502 e. The van der Waals surface area contributed by atoms with Gasteiger partial charge in [-0.05, 0) is 12.0 Å². The molecule has 0 radical (unpaired) electrons. The SMILES string of the molecule is CCc1ccc(/C(O)=C(/C(=S)NCCN2CCOCC2)[n+]2ccccc2)cc1. The van der Waals surface area contributed by atoms with Crippen molar-refractivity contribution in [3.63, 3.8) is 0 Å². The van der Waals surface area contributed by atoms with Gasteiger partial charge in [0.1, 0.15) is 0 Å². The molecule has 0 bridgehead atoms. The van der Waals surface area contributed by atoms with Crippen LogP contribution < -0.4 is 9.88 Å². The first kappa shape index (κ1) is 20.5. The van der Waals surface area contributed by atoms with Crippen LogP contribution in [-0.4, -0.2) is 54.4 Å². The zero-order valence-corrected chi connectivity index (χ0v) is 17.1. The van der Waals surface area contributed by atoms with Crippen molar-refractivity contribution in [1.82, 2.24) is 10.2 Å². The Morgan fingerprint density at radius 1 is 1.14 bits per heavy atom. The molecule has 2 heterocycles. The summed E-state index contributed by atoms with van der Waals surface area (Å²) in [5, 5.41) is 14.3. The van der Waals surface area contributed by atoms with E-state index in [2.05, 4.69) is 17.1 Å². The van der Waals surface area contributed by atoms with Gasteiger partial charge in [-0.15, -0.1) is 0 Å². The molecule has 1 fully saturated rings. The van der Waals surface area contributed by atoms with Gasteiger partial charge in [0.05, 0.1) is 13.2 Å². The lowest BCUT2D eigenvalue weighted by molar-refractivity contribution is -0.576. The zero-order valence-electron chi connectivity index (χ0n) is 16.3. The molecule has 0 unspecified atom stereocenters. The van der Waals surface area contributed by atoms with Crippen LogP contribution in [0.4, 0.5) is 0 Å². The van der Waals surface area contributed by atoms with Gasteiger partial charge in [-0.3, -0.25) is 4.90 Å². The number of aliphatic hydroxyl groups is 1. The zero-order chi connectivity index (χ0) is 19.8. The number of benzene rings is 1. The van der Waals surface area contributed by atoms with E-state index in [1.54, 1.807) is 0 Å². The van der Waals surface area contributed by atoms with Crippen molar-refractivity contribution in [2.24, 2.45) is 0 Å². The molecule has 1 aromatic carbocycles. The van der Waals surface area contributed by atoms with Crippen LogP contribution in [0.15, 0.2) is 54.9 Å². The summed E-state index contributed by atoms with van der Waals surface area (Å²) in [6.45, 7) is 7.18. The highest BCUT2D eigenvalue weighted by molar-refractivity contribution is 7.81. The standard InChI is InChI=1S/C22H27N3O2S/c1-2-18-6-8-19(9-7-18)21(26)20(25-11-4-3-5-12-25)22(28)23-10-13-24-14-16-27-17-15-24/h3-9,11-12H,2,10,13-17H2,1H3,(H-,23,26,28)/p+1. The molecule has 2 aromatic rings. The highest BCUT2D eigenvalue weighted by Crippen LogP contribution is 2.18. The van der Waals surface area contributed by atoms with E-state index in [4.69, 9.17) is 17.0 Å². The van der Waals surface area contributed by atoms with E-state index in [-0.39, 0.29) is 5.76 Å². The summed E-state index contributed by atoms with van der Waals surface area (Å²) >= 11 is 5.66. The van der Waals surface area contributed by atoms with E-state index in [9.17, 15) is 5.11 Å². The van der Waals surface area contributed by atoms with Crippen LogP contribution in [0.3, 0.4) is 0 Å². The number of pyridine rings is 1. The summed E-state index contributed by atoms with van der Waals surface area (Å²) in [4.78, 5) is 2.88. The quantitative estimate of drug-likeness (QED) is 0.325. The molecule has 148 valence electrons. The molecule has 3 rings (SSSR count). The molecule has 1 aromatic heterocycles. The maximum atomic E-state index is 11.0. The van der Waals surface area contributed by atoms with Crippen LogP contribution in [0.5, 0.6) is 0 Å². The summed E-state index contributed by atoms with van der Waals surface area (Å²) in [7, 11) is 0. The third-order valence-corrected chi connectivity index (χ3v) is 5.20. The second-order valence-corrected chi connectivity index (χ2v) is 7.15. The Balaban J connectivity index is 1.78. The van der Waals surface area contributed by atoms with Gasteiger partial charge in [0, 0.05) is 43.9 Å². The summed E-state index contributed by atoms with van der Waals surface area (Å²) < 4.78 is 7.24. The minimum atomic E-state index is 0.169. The predicted octanol–water partition coefficient (Wildman–Crippen LogP) is 2.67. The van der Waals surface area contributed by atoms with Crippen molar-refractivity contribution >= 4 is 28.7 Å². The molecule has 1 aliphatic heterocycles. The predicted molar refractivity (Wildman–Crippen MR) is 116 cm³/mol. The Bertz CT molecular complexity index is 800. The Kier molecular flexibility index (Phi) is 7.54. The van der Waals surface area contributed by atoms with Gasteiger partial charge in [-0.2, -0.15) is 4.57 Å². The van der Waals surface area contributed by atoms with Crippen LogP contribution in [0.2, 0.25) is 0 Å². The Labute approximate surface area is 172 Å². The number of nitrogens with one attached hydrogen (secondary N) is 1. The average molecular weight is 399 g/mol. The molecule has 1 saturated heterocycles. The van der Waals surface area contributed by atoms with Gasteiger partial charge in [-0.1, -0.05) is 49.5 Å². The lowest BCUT2D eigenvalue weighted by atomic mass is 10.1. The first-order valence-corrected chi connectivity index (χ1v) is 10.2. The van der Waals surface area contributed by atoms with Gasteiger partial charge in [0.2, 0.25) is 0 Å². The molecule has 1 aliphatic rings. The van der Waals surface area contributed by atoms with Crippen molar-refractivity contribution in [3.8, 4) is 0 Å². The highest BCUT2D eigenvalue weighted by Gasteiger charge is 2.23. The molecule has 0 aliphatic carbocycles. The number of aryl methyl sites for hydroxylation is 1. The molecule has 6 heteroatoms. The average Bonchev–Trinajstić information content (AvgIpc) is 2.75. The number of ether oxygens (including phenoxy) is 1. The topological polar surface area (TPSA) is 48.6 Å². The van der Waals surface area contributed by atoms with Crippen LogP contribution in [-0.2, 0) is 11.2 Å². The number of aliphatic hydroxyl groups excluding tert-OH is 1. The van der Waals surface area contributed by atoms with Crippen molar-refractivity contribution < 1.29 is 14.4 Å². The maximum absolute atomic E-state index is 11.0. The molecule has 0 atom stereocenters. The van der Waals surface area contributed by atoms with E-state index in [0.29, 0.717) is 10.7 Å². The highest BCUT2D eigenvalue weighted by atomic mass is 32.1. The molecule has 0 spiro atoms. The van der Waals surface area contributed by atoms with Gasteiger partial charge in [0.15, 0.2) is 23.1 Å². The monoisotopic (exact) mass is 398 g/mol. The largest absolute Gasteiger partial charge is 0.502 e. The number of rotatable bonds is 7. The number of aromatic nitrogens is 1. The van der Waals surface area contributed by atoms with E-state index >= 15 is 0 Å². The molecule has 2 N–H and O–H groups in total. The van der Waals surface area contributed by atoms with E-state index in [1.807, 2.05) is 59.4 Å². The summed E-state index contributed by atoms with van der Waals surface area (Å²) in [6.07, 6.45) is 4.75. The normalized spacial score (nSPS) is 15.8. The lowest BCUT2D eigenvalue weighted by Crippen LogP contribution is -2.44. The van der Waals surface area contributed by atoms with Crippen LogP contribution in [0, 0.1) is 0 Å². The second kappa shape index (κ2) is 10.3. The van der Waals surface area contributed by atoms with Crippen molar-refractivity contribution in [2.45, 2.75) is 13.3 Å². The minimum absolute atomic E-state index is 0.169. The number of hydrogen-bond acceptors (Lipinski definition) is 4. The Morgan fingerprint density at radius 2 is 1.82 bits per heavy atom. The van der Waals surface area contributed by atoms with Gasteiger partial charge < -0.3 is 15.2 Å². The Hall–Kier alpha value is -2.28. The summed E-state index contributed by atoms with van der Waals surface area (Å²) in [6, 6.07) is 13.7. The molecule has 0 amide bonds. The van der Waals surface area contributed by atoms with E-state index < -0.39 is 0 Å². The fourth-order valence-electron chi connectivity index (χ4n) is 3.17. The number of thiocarbonyl (C=S) groups is 1. The van der Waals surface area contributed by atoms with Crippen molar-refractivity contribution in [1.29, 1.82) is 0 Å². The van der Waals surface area contributed by atoms with E-state index in [1.165, 1.54) is 5.56 Å². The molecular formula is C22H28N3O2S+. The fourth-order valence-corrected chi connectivity index (χ4v) is 3.47. The van der Waals surface area contributed by atoms with Gasteiger partial charge >= 0.3 is 0 Å². The number of nitrogens with zero attached hydrogens (tertiary/aromatic N) is 2. The Morgan fingerprint density at radius 3 is 2.46 bits per heavy atom. The first-order chi connectivity index (χ1) is 13.7. The molecule has 5 nitrogen and oxygen atoms in total. The summed E-state index contributed by atoms with van der Waals surface area (Å²) in [5.74, 6) is 0.169. The molecule has 0 saturated carbocycles. The lowest BCUT2D eigenvalue weighted by Gasteiger charge is -2.26. The summed E-state index contributed by atoms with van der Waals surface area (Å²) in [5.41, 5.74) is 2.57. The third-order valence-electron chi connectivity index (χ3n) is 4.87. The van der Waals surface area contributed by atoms with Gasteiger partial charge in [0.25, 0.3) is 5.70 Å².